The maximum atomic E-state index is 9.88. The number of aliphatic hydroxyl groups is 2. The SMILES string of the molecule is Nc1nc(Cl)nc2c1ncn2[C@@H]1O[C@H](CO)[C@@H](O)[C@@H]1N. The number of nitrogen functional groups attached to an aromatic ring is 1. The summed E-state index contributed by atoms with van der Waals surface area (Å²) in [7, 11) is 0. The van der Waals surface area contributed by atoms with Gasteiger partial charge in [0.1, 0.15) is 17.7 Å². The molecule has 4 atom stereocenters. The summed E-state index contributed by atoms with van der Waals surface area (Å²) >= 11 is 5.78. The Morgan fingerprint density at radius 1 is 1.45 bits per heavy atom. The van der Waals surface area contributed by atoms with Crippen LogP contribution in [-0.2, 0) is 4.74 Å². The number of halogens is 1. The lowest BCUT2D eigenvalue weighted by Gasteiger charge is -2.17. The number of hydrogen-bond acceptors (Lipinski definition) is 8. The fraction of sp³-hybridized carbons (Fsp3) is 0.500. The average molecular weight is 301 g/mol. The molecule has 1 aliphatic rings. The maximum Gasteiger partial charge on any atom is 0.226 e. The molecule has 2 aromatic heterocycles. The van der Waals surface area contributed by atoms with Crippen molar-refractivity contribution < 1.29 is 14.9 Å². The van der Waals surface area contributed by atoms with Gasteiger partial charge in [-0.05, 0) is 11.6 Å². The Morgan fingerprint density at radius 3 is 2.85 bits per heavy atom. The Kier molecular flexibility index (Phi) is 3.22. The van der Waals surface area contributed by atoms with Crippen LogP contribution in [0.5, 0.6) is 0 Å². The van der Waals surface area contributed by atoms with E-state index in [1.165, 1.54) is 10.9 Å². The maximum absolute atomic E-state index is 9.88. The third-order valence-corrected chi connectivity index (χ3v) is 3.46. The summed E-state index contributed by atoms with van der Waals surface area (Å²) in [5.41, 5.74) is 12.3. The Hall–Kier alpha value is -1.52. The van der Waals surface area contributed by atoms with Gasteiger partial charge in [-0.25, -0.2) is 4.98 Å². The van der Waals surface area contributed by atoms with Crippen molar-refractivity contribution in [2.75, 3.05) is 12.3 Å². The predicted molar refractivity (Wildman–Crippen MR) is 69.7 cm³/mol. The van der Waals surface area contributed by atoms with Gasteiger partial charge in [-0.1, -0.05) is 0 Å². The summed E-state index contributed by atoms with van der Waals surface area (Å²) in [6, 6.07) is -0.737. The van der Waals surface area contributed by atoms with Gasteiger partial charge in [0, 0.05) is 0 Å². The Bertz CT molecular complexity index is 649. The van der Waals surface area contributed by atoms with Gasteiger partial charge >= 0.3 is 0 Å². The predicted octanol–water partition coefficient (Wildman–Crippen LogP) is -1.36. The van der Waals surface area contributed by atoms with E-state index in [0.717, 1.165) is 0 Å². The number of hydrogen-bond donors (Lipinski definition) is 4. The van der Waals surface area contributed by atoms with Gasteiger partial charge in [0.15, 0.2) is 17.7 Å². The summed E-state index contributed by atoms with van der Waals surface area (Å²) in [5, 5.41) is 19.0. The number of anilines is 1. The van der Waals surface area contributed by atoms with Gasteiger partial charge in [-0.3, -0.25) is 4.57 Å². The zero-order valence-corrected chi connectivity index (χ0v) is 11.0. The fourth-order valence-electron chi connectivity index (χ4n) is 2.27. The molecule has 1 fully saturated rings. The summed E-state index contributed by atoms with van der Waals surface area (Å²) in [6.45, 7) is -0.337. The van der Waals surface area contributed by atoms with Gasteiger partial charge in [-0.15, -0.1) is 0 Å². The van der Waals surface area contributed by atoms with Crippen molar-refractivity contribution in [2.45, 2.75) is 24.5 Å². The highest BCUT2D eigenvalue weighted by Crippen LogP contribution is 2.31. The van der Waals surface area contributed by atoms with Crippen LogP contribution in [0, 0.1) is 0 Å². The van der Waals surface area contributed by atoms with Crippen molar-refractivity contribution >= 4 is 28.6 Å². The average Bonchev–Trinajstić information content (AvgIpc) is 2.93. The van der Waals surface area contributed by atoms with Crippen LogP contribution in [0.4, 0.5) is 5.82 Å². The van der Waals surface area contributed by atoms with E-state index in [1.807, 2.05) is 0 Å². The van der Waals surface area contributed by atoms with E-state index in [2.05, 4.69) is 15.0 Å². The molecule has 0 saturated carbocycles. The molecule has 0 spiro atoms. The van der Waals surface area contributed by atoms with Crippen LogP contribution in [0.3, 0.4) is 0 Å². The molecule has 0 radical (unpaired) electrons. The van der Waals surface area contributed by atoms with Crippen LogP contribution >= 0.6 is 11.6 Å². The Balaban J connectivity index is 2.07. The van der Waals surface area contributed by atoms with Crippen molar-refractivity contribution in [1.29, 1.82) is 0 Å². The molecular weight excluding hydrogens is 288 g/mol. The first-order chi connectivity index (χ1) is 9.52. The number of nitrogens with two attached hydrogens (primary N) is 2. The highest BCUT2D eigenvalue weighted by molar-refractivity contribution is 6.28. The fourth-order valence-corrected chi connectivity index (χ4v) is 2.44. The van der Waals surface area contributed by atoms with Crippen LogP contribution in [0.25, 0.3) is 11.2 Å². The number of aromatic nitrogens is 4. The van der Waals surface area contributed by atoms with E-state index in [1.54, 1.807) is 0 Å². The summed E-state index contributed by atoms with van der Waals surface area (Å²) in [4.78, 5) is 11.9. The van der Waals surface area contributed by atoms with Crippen LogP contribution < -0.4 is 11.5 Å². The molecule has 108 valence electrons. The van der Waals surface area contributed by atoms with Crippen LogP contribution in [0.2, 0.25) is 5.28 Å². The standard InChI is InChI=1S/C10H13ClN6O3/c11-10-15-7(13)5-8(16-10)17(2-14-5)9-4(12)6(19)3(1-18)20-9/h2-4,6,9,18-19H,1,12H2,(H2,13,15,16)/t3-,4+,6-,9-/m1/s1. The van der Waals surface area contributed by atoms with Gasteiger partial charge < -0.3 is 26.4 Å². The topological polar surface area (TPSA) is 145 Å². The smallest absolute Gasteiger partial charge is 0.226 e. The summed E-state index contributed by atoms with van der Waals surface area (Å²) in [5.74, 6) is 0.143. The minimum atomic E-state index is -0.989. The lowest BCUT2D eigenvalue weighted by molar-refractivity contribution is -0.0437. The van der Waals surface area contributed by atoms with E-state index in [-0.39, 0.29) is 17.7 Å². The van der Waals surface area contributed by atoms with Crippen LogP contribution in [0.1, 0.15) is 6.23 Å². The molecule has 0 amide bonds. The summed E-state index contributed by atoms with van der Waals surface area (Å²) < 4.78 is 7.04. The third kappa shape index (κ3) is 1.91. The lowest BCUT2D eigenvalue weighted by atomic mass is 10.1. The van der Waals surface area contributed by atoms with E-state index >= 15 is 0 Å². The van der Waals surface area contributed by atoms with E-state index < -0.39 is 24.5 Å². The number of ether oxygens (including phenoxy) is 1. The van der Waals surface area contributed by atoms with Gasteiger partial charge in [0.25, 0.3) is 0 Å². The normalized spacial score (nSPS) is 30.2. The van der Waals surface area contributed by atoms with Crippen LogP contribution in [-0.4, -0.2) is 54.6 Å². The lowest BCUT2D eigenvalue weighted by Crippen LogP contribution is -2.39. The van der Waals surface area contributed by atoms with E-state index in [9.17, 15) is 5.11 Å². The molecule has 9 nitrogen and oxygen atoms in total. The minimum absolute atomic E-state index is 0.0254. The third-order valence-electron chi connectivity index (χ3n) is 3.29. The van der Waals surface area contributed by atoms with E-state index in [4.69, 9.17) is 32.9 Å². The first kappa shape index (κ1) is 13.5. The highest BCUT2D eigenvalue weighted by Gasteiger charge is 2.42. The first-order valence-electron chi connectivity index (χ1n) is 5.88. The molecule has 1 aliphatic heterocycles. The molecule has 3 heterocycles. The molecule has 3 rings (SSSR count). The monoisotopic (exact) mass is 300 g/mol. The van der Waals surface area contributed by atoms with Gasteiger partial charge in [0.2, 0.25) is 5.28 Å². The number of aliphatic hydroxyl groups excluding tert-OH is 2. The first-order valence-corrected chi connectivity index (χ1v) is 6.26. The molecule has 6 N–H and O–H groups in total. The second-order valence-electron chi connectivity index (χ2n) is 4.52. The summed E-state index contributed by atoms with van der Waals surface area (Å²) in [6.07, 6.45) is -1.04. The minimum Gasteiger partial charge on any atom is -0.394 e. The van der Waals surface area contributed by atoms with Crippen molar-refractivity contribution in [2.24, 2.45) is 5.73 Å². The molecule has 0 bridgehead atoms. The molecule has 20 heavy (non-hydrogen) atoms. The molecule has 1 saturated heterocycles. The second kappa shape index (κ2) is 4.79. The van der Waals surface area contributed by atoms with Gasteiger partial charge in [-0.2, -0.15) is 9.97 Å². The van der Waals surface area contributed by atoms with Crippen molar-refractivity contribution in [3.8, 4) is 0 Å². The Morgan fingerprint density at radius 2 is 2.20 bits per heavy atom. The molecular formula is C10H13ClN6O3. The van der Waals surface area contributed by atoms with Crippen LogP contribution in [0.15, 0.2) is 6.33 Å². The molecule has 0 aromatic carbocycles. The number of nitrogens with zero attached hydrogens (tertiary/aromatic N) is 4. The van der Waals surface area contributed by atoms with Crippen molar-refractivity contribution in [1.82, 2.24) is 19.5 Å². The zero-order valence-electron chi connectivity index (χ0n) is 10.2. The molecule has 2 aromatic rings. The van der Waals surface area contributed by atoms with E-state index in [0.29, 0.717) is 11.2 Å². The number of fused-ring (bicyclic) bond motifs is 1. The van der Waals surface area contributed by atoms with Crippen molar-refractivity contribution in [3.05, 3.63) is 11.6 Å². The molecule has 0 aliphatic carbocycles. The van der Waals surface area contributed by atoms with Gasteiger partial charge in [0.05, 0.1) is 19.0 Å². The molecule has 0 unspecified atom stereocenters. The largest absolute Gasteiger partial charge is 0.394 e. The van der Waals surface area contributed by atoms with Crippen molar-refractivity contribution in [3.63, 3.8) is 0 Å². The Labute approximate surface area is 118 Å². The zero-order chi connectivity index (χ0) is 14.4. The molecule has 10 heteroatoms. The highest BCUT2D eigenvalue weighted by atomic mass is 35.5. The quantitative estimate of drug-likeness (QED) is 0.497. The number of imidazole rings is 1. The number of rotatable bonds is 2. The second-order valence-corrected chi connectivity index (χ2v) is 4.86.